The van der Waals surface area contributed by atoms with Gasteiger partial charge in [-0.05, 0) is 19.1 Å². The normalized spacial score (nSPS) is 13.2. The summed E-state index contributed by atoms with van der Waals surface area (Å²) in [5.74, 6) is -0.760. The van der Waals surface area contributed by atoms with Crippen LogP contribution in [0.25, 0.3) is 0 Å². The van der Waals surface area contributed by atoms with Crippen LogP contribution in [0, 0.1) is 0 Å². The standard InChI is InChI=1S/C12H14F3NO2/c1-8(17)7-16(2)11(18)9-5-3-4-6-10(9)12(13,14)15/h3-6,8,17H,7H2,1-2H3. The number of aliphatic hydroxyl groups excluding tert-OH is 1. The molecule has 18 heavy (non-hydrogen) atoms. The molecule has 0 bridgehead atoms. The number of aliphatic hydroxyl groups is 1. The third-order valence-electron chi connectivity index (χ3n) is 2.35. The van der Waals surface area contributed by atoms with Crippen molar-refractivity contribution in [1.82, 2.24) is 4.90 Å². The minimum Gasteiger partial charge on any atom is -0.392 e. The number of carbonyl (C=O) groups is 1. The summed E-state index contributed by atoms with van der Waals surface area (Å²) < 4.78 is 38.1. The quantitative estimate of drug-likeness (QED) is 0.905. The van der Waals surface area contributed by atoms with E-state index in [1.54, 1.807) is 0 Å². The number of likely N-dealkylation sites (N-methyl/N-ethyl adjacent to an activating group) is 1. The first-order valence-corrected chi connectivity index (χ1v) is 5.33. The Morgan fingerprint density at radius 2 is 1.94 bits per heavy atom. The van der Waals surface area contributed by atoms with Crippen molar-refractivity contribution in [2.75, 3.05) is 13.6 Å². The van der Waals surface area contributed by atoms with Crippen LogP contribution < -0.4 is 0 Å². The minimum atomic E-state index is -4.57. The number of hydrogen-bond acceptors (Lipinski definition) is 2. The van der Waals surface area contributed by atoms with E-state index in [0.29, 0.717) is 0 Å². The van der Waals surface area contributed by atoms with Gasteiger partial charge in [0.25, 0.3) is 5.91 Å². The average Bonchev–Trinajstić information content (AvgIpc) is 2.26. The Kier molecular flexibility index (Phi) is 4.34. The number of alkyl halides is 3. The van der Waals surface area contributed by atoms with E-state index in [1.165, 1.54) is 26.1 Å². The number of rotatable bonds is 3. The first kappa shape index (κ1) is 14.5. The Morgan fingerprint density at radius 1 is 1.39 bits per heavy atom. The van der Waals surface area contributed by atoms with Crippen LogP contribution >= 0.6 is 0 Å². The highest BCUT2D eigenvalue weighted by molar-refractivity contribution is 5.95. The van der Waals surface area contributed by atoms with E-state index in [9.17, 15) is 18.0 Å². The molecule has 0 aromatic heterocycles. The molecule has 0 saturated heterocycles. The van der Waals surface area contributed by atoms with Crippen molar-refractivity contribution in [3.05, 3.63) is 35.4 Å². The summed E-state index contributed by atoms with van der Waals surface area (Å²) in [6.07, 6.45) is -5.37. The summed E-state index contributed by atoms with van der Waals surface area (Å²) in [7, 11) is 1.35. The molecular weight excluding hydrogens is 247 g/mol. The highest BCUT2D eigenvalue weighted by Crippen LogP contribution is 2.32. The van der Waals surface area contributed by atoms with Crippen molar-refractivity contribution in [2.45, 2.75) is 19.2 Å². The maximum Gasteiger partial charge on any atom is 0.417 e. The van der Waals surface area contributed by atoms with E-state index in [2.05, 4.69) is 0 Å². The Morgan fingerprint density at radius 3 is 2.44 bits per heavy atom. The van der Waals surface area contributed by atoms with E-state index < -0.39 is 29.3 Å². The molecule has 1 amide bonds. The first-order chi connectivity index (χ1) is 8.23. The van der Waals surface area contributed by atoms with Crippen molar-refractivity contribution < 1.29 is 23.1 Å². The maximum absolute atomic E-state index is 12.7. The van der Waals surface area contributed by atoms with Crippen molar-refractivity contribution in [2.24, 2.45) is 0 Å². The minimum absolute atomic E-state index is 0.0228. The maximum atomic E-state index is 12.7. The summed E-state index contributed by atoms with van der Waals surface area (Å²) in [6, 6.07) is 4.60. The zero-order valence-corrected chi connectivity index (χ0v) is 10.0. The molecule has 1 aromatic carbocycles. The molecule has 0 heterocycles. The van der Waals surface area contributed by atoms with Gasteiger partial charge >= 0.3 is 6.18 Å². The van der Waals surface area contributed by atoms with Gasteiger partial charge in [0.15, 0.2) is 0 Å². The van der Waals surface area contributed by atoms with Gasteiger partial charge in [-0.2, -0.15) is 13.2 Å². The van der Waals surface area contributed by atoms with Crippen LogP contribution in [-0.4, -0.2) is 35.6 Å². The van der Waals surface area contributed by atoms with Gasteiger partial charge < -0.3 is 10.0 Å². The van der Waals surface area contributed by atoms with Crippen LogP contribution in [0.5, 0.6) is 0 Å². The monoisotopic (exact) mass is 261 g/mol. The molecule has 0 aliphatic carbocycles. The molecule has 6 heteroatoms. The molecule has 0 radical (unpaired) electrons. The lowest BCUT2D eigenvalue weighted by Crippen LogP contribution is -2.34. The summed E-state index contributed by atoms with van der Waals surface area (Å²) in [5, 5.41) is 9.13. The number of hydrogen-bond donors (Lipinski definition) is 1. The van der Waals surface area contributed by atoms with E-state index in [1.807, 2.05) is 0 Å². The van der Waals surface area contributed by atoms with Gasteiger partial charge in [-0.25, -0.2) is 0 Å². The van der Waals surface area contributed by atoms with E-state index >= 15 is 0 Å². The van der Waals surface area contributed by atoms with Gasteiger partial charge in [-0.3, -0.25) is 4.79 Å². The summed E-state index contributed by atoms with van der Waals surface area (Å²) in [4.78, 5) is 12.9. The van der Waals surface area contributed by atoms with Gasteiger partial charge in [-0.1, -0.05) is 12.1 Å². The Bertz CT molecular complexity index is 430. The summed E-state index contributed by atoms with van der Waals surface area (Å²) >= 11 is 0. The largest absolute Gasteiger partial charge is 0.417 e. The second-order valence-electron chi connectivity index (χ2n) is 4.08. The molecule has 0 aliphatic heterocycles. The Hall–Kier alpha value is -1.56. The lowest BCUT2D eigenvalue weighted by molar-refractivity contribution is -0.138. The lowest BCUT2D eigenvalue weighted by Gasteiger charge is -2.21. The first-order valence-electron chi connectivity index (χ1n) is 5.33. The van der Waals surface area contributed by atoms with Gasteiger partial charge in [0.1, 0.15) is 0 Å². The summed E-state index contributed by atoms with van der Waals surface area (Å²) in [6.45, 7) is 1.43. The molecule has 0 aliphatic rings. The average molecular weight is 261 g/mol. The zero-order chi connectivity index (χ0) is 13.9. The number of halogens is 3. The third-order valence-corrected chi connectivity index (χ3v) is 2.35. The molecule has 1 atom stereocenters. The molecule has 0 spiro atoms. The van der Waals surface area contributed by atoms with Gasteiger partial charge in [0.05, 0.1) is 17.2 Å². The van der Waals surface area contributed by atoms with E-state index in [4.69, 9.17) is 5.11 Å². The molecule has 0 saturated carbocycles. The van der Waals surface area contributed by atoms with Crippen molar-refractivity contribution in [3.63, 3.8) is 0 Å². The van der Waals surface area contributed by atoms with Crippen molar-refractivity contribution >= 4 is 5.91 Å². The topological polar surface area (TPSA) is 40.5 Å². The lowest BCUT2D eigenvalue weighted by atomic mass is 10.1. The van der Waals surface area contributed by atoms with Crippen LogP contribution in [0.1, 0.15) is 22.8 Å². The second-order valence-corrected chi connectivity index (χ2v) is 4.08. The van der Waals surface area contributed by atoms with Crippen LogP contribution in [0.3, 0.4) is 0 Å². The summed E-state index contributed by atoms with van der Waals surface area (Å²) in [5.41, 5.74) is -1.37. The smallest absolute Gasteiger partial charge is 0.392 e. The SMILES string of the molecule is CC(O)CN(C)C(=O)c1ccccc1C(F)(F)F. The highest BCUT2D eigenvalue weighted by Gasteiger charge is 2.35. The fourth-order valence-corrected chi connectivity index (χ4v) is 1.60. The number of amides is 1. The number of carbonyl (C=O) groups excluding carboxylic acids is 1. The molecule has 1 N–H and O–H groups in total. The predicted molar refractivity (Wildman–Crippen MR) is 60.1 cm³/mol. The third kappa shape index (κ3) is 3.46. The Labute approximate surface area is 103 Å². The fourth-order valence-electron chi connectivity index (χ4n) is 1.60. The van der Waals surface area contributed by atoms with E-state index in [0.717, 1.165) is 17.0 Å². The van der Waals surface area contributed by atoms with Crippen LogP contribution in [0.2, 0.25) is 0 Å². The van der Waals surface area contributed by atoms with Gasteiger partial charge in [-0.15, -0.1) is 0 Å². The molecule has 100 valence electrons. The van der Waals surface area contributed by atoms with Gasteiger partial charge in [0, 0.05) is 13.6 Å². The van der Waals surface area contributed by atoms with Crippen molar-refractivity contribution in [3.8, 4) is 0 Å². The van der Waals surface area contributed by atoms with Crippen LogP contribution in [0.4, 0.5) is 13.2 Å². The molecular formula is C12H14F3NO2. The van der Waals surface area contributed by atoms with Gasteiger partial charge in [0.2, 0.25) is 0 Å². The van der Waals surface area contributed by atoms with Crippen LogP contribution in [0.15, 0.2) is 24.3 Å². The number of nitrogens with zero attached hydrogens (tertiary/aromatic N) is 1. The van der Waals surface area contributed by atoms with Crippen molar-refractivity contribution in [1.29, 1.82) is 0 Å². The van der Waals surface area contributed by atoms with E-state index in [-0.39, 0.29) is 6.54 Å². The molecule has 1 aromatic rings. The highest BCUT2D eigenvalue weighted by atomic mass is 19.4. The molecule has 1 rings (SSSR count). The van der Waals surface area contributed by atoms with Crippen LogP contribution in [-0.2, 0) is 6.18 Å². The predicted octanol–water partition coefficient (Wildman–Crippen LogP) is 2.16. The Balaban J connectivity index is 3.06. The fraction of sp³-hybridized carbons (Fsp3) is 0.417. The molecule has 1 unspecified atom stereocenters. The number of benzene rings is 1. The molecule has 0 fully saturated rings. The second kappa shape index (κ2) is 5.39. The zero-order valence-electron chi connectivity index (χ0n) is 10.0. The molecule has 3 nitrogen and oxygen atoms in total.